The number of nitrogens with one attached hydrogen (secondary N) is 1. The van der Waals surface area contributed by atoms with E-state index in [9.17, 15) is 10.1 Å². The standard InChI is InChI=1S/C14H13ClN2O3/c1-16-9-10-2-5-12(6-3-10)20-14-8-11(15)4-7-13(14)17(18)19/h2-8,16H,9H2,1H3. The van der Waals surface area contributed by atoms with Crippen LogP contribution in [0.2, 0.25) is 5.02 Å². The molecule has 1 N–H and O–H groups in total. The second-order valence-electron chi connectivity index (χ2n) is 4.15. The fourth-order valence-electron chi connectivity index (χ4n) is 1.73. The van der Waals surface area contributed by atoms with Gasteiger partial charge in [0.15, 0.2) is 0 Å². The molecule has 20 heavy (non-hydrogen) atoms. The zero-order valence-electron chi connectivity index (χ0n) is 10.8. The number of ether oxygens (including phenoxy) is 1. The molecule has 104 valence electrons. The first-order chi connectivity index (χ1) is 9.60. The molecule has 0 saturated carbocycles. The van der Waals surface area contributed by atoms with Crippen LogP contribution in [-0.2, 0) is 6.54 Å². The van der Waals surface area contributed by atoms with Crippen LogP contribution in [0, 0.1) is 10.1 Å². The first kappa shape index (κ1) is 14.3. The summed E-state index contributed by atoms with van der Waals surface area (Å²) >= 11 is 5.84. The maximum Gasteiger partial charge on any atom is 0.311 e. The van der Waals surface area contributed by atoms with E-state index in [1.54, 1.807) is 12.1 Å². The van der Waals surface area contributed by atoms with E-state index >= 15 is 0 Å². The molecule has 0 aromatic heterocycles. The smallest absolute Gasteiger partial charge is 0.311 e. The van der Waals surface area contributed by atoms with Crippen molar-refractivity contribution in [1.82, 2.24) is 5.32 Å². The van der Waals surface area contributed by atoms with Gasteiger partial charge < -0.3 is 10.1 Å². The van der Waals surface area contributed by atoms with Crippen molar-refractivity contribution in [3.8, 4) is 11.5 Å². The highest BCUT2D eigenvalue weighted by Gasteiger charge is 2.16. The Balaban J connectivity index is 2.25. The minimum absolute atomic E-state index is 0.117. The molecule has 2 aromatic rings. The summed E-state index contributed by atoms with van der Waals surface area (Å²) < 4.78 is 5.54. The van der Waals surface area contributed by atoms with Gasteiger partial charge in [-0.1, -0.05) is 23.7 Å². The Bertz CT molecular complexity index is 614. The third kappa shape index (κ3) is 3.46. The Kier molecular flexibility index (Phi) is 4.55. The molecular weight excluding hydrogens is 280 g/mol. The molecule has 2 rings (SSSR count). The number of nitro groups is 1. The van der Waals surface area contributed by atoms with E-state index in [4.69, 9.17) is 16.3 Å². The van der Waals surface area contributed by atoms with Gasteiger partial charge in [0.2, 0.25) is 5.75 Å². The van der Waals surface area contributed by atoms with E-state index in [1.807, 2.05) is 19.2 Å². The van der Waals surface area contributed by atoms with Gasteiger partial charge in [-0.25, -0.2) is 0 Å². The summed E-state index contributed by atoms with van der Waals surface area (Å²) in [7, 11) is 1.86. The molecule has 0 aliphatic heterocycles. The van der Waals surface area contributed by atoms with Gasteiger partial charge in [-0.3, -0.25) is 10.1 Å². The third-order valence-electron chi connectivity index (χ3n) is 2.65. The van der Waals surface area contributed by atoms with E-state index in [0.29, 0.717) is 10.8 Å². The van der Waals surface area contributed by atoms with Gasteiger partial charge in [-0.15, -0.1) is 0 Å². The summed E-state index contributed by atoms with van der Waals surface area (Å²) in [4.78, 5) is 10.4. The van der Waals surface area contributed by atoms with Gasteiger partial charge in [-0.05, 0) is 30.8 Å². The van der Waals surface area contributed by atoms with Crippen molar-refractivity contribution in [2.24, 2.45) is 0 Å². The van der Waals surface area contributed by atoms with Gasteiger partial charge in [0, 0.05) is 23.7 Å². The minimum atomic E-state index is -0.499. The summed E-state index contributed by atoms with van der Waals surface area (Å²) in [6.45, 7) is 0.748. The summed E-state index contributed by atoms with van der Waals surface area (Å²) in [5, 5.41) is 14.4. The van der Waals surface area contributed by atoms with Crippen LogP contribution in [0.5, 0.6) is 11.5 Å². The number of halogens is 1. The third-order valence-corrected chi connectivity index (χ3v) is 2.89. The Morgan fingerprint density at radius 3 is 2.55 bits per heavy atom. The molecule has 0 saturated heterocycles. The van der Waals surface area contributed by atoms with Gasteiger partial charge in [0.05, 0.1) is 4.92 Å². The van der Waals surface area contributed by atoms with Crippen LogP contribution < -0.4 is 10.1 Å². The monoisotopic (exact) mass is 292 g/mol. The van der Waals surface area contributed by atoms with Crippen molar-refractivity contribution in [3.63, 3.8) is 0 Å². The van der Waals surface area contributed by atoms with Crippen molar-refractivity contribution in [3.05, 3.63) is 63.2 Å². The zero-order chi connectivity index (χ0) is 14.5. The van der Waals surface area contributed by atoms with Crippen molar-refractivity contribution >= 4 is 17.3 Å². The van der Waals surface area contributed by atoms with Gasteiger partial charge in [-0.2, -0.15) is 0 Å². The average molecular weight is 293 g/mol. The largest absolute Gasteiger partial charge is 0.450 e. The van der Waals surface area contributed by atoms with Gasteiger partial charge in [0.25, 0.3) is 0 Å². The highest BCUT2D eigenvalue weighted by Crippen LogP contribution is 2.33. The van der Waals surface area contributed by atoms with Crippen LogP contribution in [0.25, 0.3) is 0 Å². The molecule has 0 aliphatic carbocycles. The second kappa shape index (κ2) is 6.36. The first-order valence-electron chi connectivity index (χ1n) is 5.95. The Hall–Kier alpha value is -2.11. The van der Waals surface area contributed by atoms with Crippen molar-refractivity contribution < 1.29 is 9.66 Å². The van der Waals surface area contributed by atoms with Crippen molar-refractivity contribution in [1.29, 1.82) is 0 Å². The predicted molar refractivity (Wildman–Crippen MR) is 77.4 cm³/mol. The zero-order valence-corrected chi connectivity index (χ0v) is 11.6. The number of nitro benzene ring substituents is 1. The quantitative estimate of drug-likeness (QED) is 0.673. The van der Waals surface area contributed by atoms with Crippen molar-refractivity contribution in [2.45, 2.75) is 6.54 Å². The van der Waals surface area contributed by atoms with E-state index in [2.05, 4.69) is 5.32 Å². The Morgan fingerprint density at radius 1 is 1.25 bits per heavy atom. The van der Waals surface area contributed by atoms with Gasteiger partial charge >= 0.3 is 5.69 Å². The molecule has 0 fully saturated rings. The molecular formula is C14H13ClN2O3. The molecule has 5 nitrogen and oxygen atoms in total. The SMILES string of the molecule is CNCc1ccc(Oc2cc(Cl)ccc2[N+](=O)[O-])cc1. The van der Waals surface area contributed by atoms with Crippen LogP contribution in [0.4, 0.5) is 5.69 Å². The highest BCUT2D eigenvalue weighted by atomic mass is 35.5. The second-order valence-corrected chi connectivity index (χ2v) is 4.58. The van der Waals surface area contributed by atoms with Crippen LogP contribution in [0.3, 0.4) is 0 Å². The van der Waals surface area contributed by atoms with Crippen molar-refractivity contribution in [2.75, 3.05) is 7.05 Å². The molecule has 0 bridgehead atoms. The predicted octanol–water partition coefficient (Wildman–Crippen LogP) is 3.76. The van der Waals surface area contributed by atoms with Gasteiger partial charge in [0.1, 0.15) is 5.75 Å². The molecule has 0 atom stereocenters. The van der Waals surface area contributed by atoms with Crippen LogP contribution in [0.15, 0.2) is 42.5 Å². The molecule has 6 heteroatoms. The Labute approximate surface area is 121 Å². The molecule has 0 unspecified atom stereocenters. The fraction of sp³-hybridized carbons (Fsp3) is 0.143. The molecule has 0 spiro atoms. The lowest BCUT2D eigenvalue weighted by molar-refractivity contribution is -0.385. The molecule has 0 amide bonds. The summed E-state index contributed by atoms with van der Waals surface area (Å²) in [6.07, 6.45) is 0. The summed E-state index contributed by atoms with van der Waals surface area (Å²) in [5.74, 6) is 0.652. The molecule has 0 radical (unpaired) electrons. The lowest BCUT2D eigenvalue weighted by atomic mass is 10.2. The van der Waals surface area contributed by atoms with E-state index in [0.717, 1.165) is 12.1 Å². The summed E-state index contributed by atoms with van der Waals surface area (Å²) in [5.41, 5.74) is 0.981. The Morgan fingerprint density at radius 2 is 1.95 bits per heavy atom. The fourth-order valence-corrected chi connectivity index (χ4v) is 1.89. The molecule has 0 heterocycles. The van der Waals surface area contributed by atoms with Crippen LogP contribution in [0.1, 0.15) is 5.56 Å². The van der Waals surface area contributed by atoms with E-state index < -0.39 is 4.92 Å². The maximum absolute atomic E-state index is 10.9. The lowest BCUT2D eigenvalue weighted by Gasteiger charge is -2.07. The van der Waals surface area contributed by atoms with E-state index in [-0.39, 0.29) is 11.4 Å². The highest BCUT2D eigenvalue weighted by molar-refractivity contribution is 6.30. The van der Waals surface area contributed by atoms with Crippen LogP contribution >= 0.6 is 11.6 Å². The topological polar surface area (TPSA) is 64.4 Å². The summed E-state index contributed by atoms with van der Waals surface area (Å²) in [6, 6.07) is 11.5. The molecule has 2 aromatic carbocycles. The lowest BCUT2D eigenvalue weighted by Crippen LogP contribution is -2.04. The number of nitrogens with zero attached hydrogens (tertiary/aromatic N) is 1. The normalized spacial score (nSPS) is 10.3. The number of benzene rings is 2. The number of hydrogen-bond donors (Lipinski definition) is 1. The number of hydrogen-bond acceptors (Lipinski definition) is 4. The van der Waals surface area contributed by atoms with E-state index in [1.165, 1.54) is 18.2 Å². The maximum atomic E-state index is 10.9. The average Bonchev–Trinajstić information content (AvgIpc) is 2.41. The van der Waals surface area contributed by atoms with Crippen LogP contribution in [-0.4, -0.2) is 12.0 Å². The first-order valence-corrected chi connectivity index (χ1v) is 6.33. The minimum Gasteiger partial charge on any atom is -0.450 e. The number of rotatable bonds is 5. The molecule has 0 aliphatic rings.